The Morgan fingerprint density at radius 1 is 1.32 bits per heavy atom. The van der Waals surface area contributed by atoms with E-state index in [-0.39, 0.29) is 6.04 Å². The minimum Gasteiger partial charge on any atom is -0.336 e. The molecular formula is C16H19BrN4O4. The summed E-state index contributed by atoms with van der Waals surface area (Å²) >= 11 is 3.32. The molecule has 9 heteroatoms. The normalized spacial score (nSPS) is 19.8. The summed E-state index contributed by atoms with van der Waals surface area (Å²) in [6.45, 7) is 4.51. The first-order valence-corrected chi connectivity index (χ1v) is 8.43. The molecule has 1 fully saturated rings. The van der Waals surface area contributed by atoms with Crippen molar-refractivity contribution in [3.63, 3.8) is 0 Å². The Bertz CT molecular complexity index is 737. The summed E-state index contributed by atoms with van der Waals surface area (Å²) in [5.74, 6) is -1.31. The molecule has 0 spiro atoms. The molecule has 0 aliphatic carbocycles. The van der Waals surface area contributed by atoms with Gasteiger partial charge in [-0.25, -0.2) is 9.59 Å². The Morgan fingerprint density at radius 3 is 2.60 bits per heavy atom. The van der Waals surface area contributed by atoms with E-state index >= 15 is 0 Å². The van der Waals surface area contributed by atoms with Crippen molar-refractivity contribution in [2.75, 3.05) is 6.54 Å². The SMILES string of the molecule is CC(C)NC(=O)NC(=O)CN1C(=O)NC(C)(c2cccc(Br)c2)C1=O. The molecule has 1 aromatic carbocycles. The van der Waals surface area contributed by atoms with Gasteiger partial charge in [0, 0.05) is 10.5 Å². The van der Waals surface area contributed by atoms with Crippen molar-refractivity contribution < 1.29 is 19.2 Å². The molecule has 2 rings (SSSR count). The van der Waals surface area contributed by atoms with Crippen LogP contribution >= 0.6 is 15.9 Å². The second kappa shape index (κ2) is 7.22. The van der Waals surface area contributed by atoms with Gasteiger partial charge in [-0.2, -0.15) is 0 Å². The Hall–Kier alpha value is -2.42. The second-order valence-corrected chi connectivity index (χ2v) is 7.05. The number of nitrogens with one attached hydrogen (secondary N) is 3. The van der Waals surface area contributed by atoms with Crippen LogP contribution in [-0.2, 0) is 15.1 Å². The van der Waals surface area contributed by atoms with Crippen LogP contribution in [0.1, 0.15) is 26.3 Å². The van der Waals surface area contributed by atoms with Crippen LogP contribution in [0.4, 0.5) is 9.59 Å². The zero-order valence-corrected chi connectivity index (χ0v) is 15.6. The van der Waals surface area contributed by atoms with Gasteiger partial charge in [0.2, 0.25) is 5.91 Å². The van der Waals surface area contributed by atoms with E-state index in [0.29, 0.717) is 5.56 Å². The highest BCUT2D eigenvalue weighted by molar-refractivity contribution is 9.10. The molecular weight excluding hydrogens is 392 g/mol. The van der Waals surface area contributed by atoms with E-state index in [1.54, 1.807) is 45.0 Å². The van der Waals surface area contributed by atoms with Gasteiger partial charge >= 0.3 is 12.1 Å². The summed E-state index contributed by atoms with van der Waals surface area (Å²) in [7, 11) is 0. The fourth-order valence-electron chi connectivity index (χ4n) is 2.44. The summed E-state index contributed by atoms with van der Waals surface area (Å²) in [5.41, 5.74) is -0.692. The summed E-state index contributed by atoms with van der Waals surface area (Å²) in [5, 5.41) is 7.17. The van der Waals surface area contributed by atoms with Gasteiger partial charge < -0.3 is 10.6 Å². The van der Waals surface area contributed by atoms with E-state index < -0.39 is 36.0 Å². The predicted molar refractivity (Wildman–Crippen MR) is 93.5 cm³/mol. The van der Waals surface area contributed by atoms with Crippen LogP contribution in [0.5, 0.6) is 0 Å². The molecule has 25 heavy (non-hydrogen) atoms. The van der Waals surface area contributed by atoms with Crippen molar-refractivity contribution in [3.8, 4) is 0 Å². The van der Waals surface area contributed by atoms with Gasteiger partial charge in [0.05, 0.1) is 0 Å². The lowest BCUT2D eigenvalue weighted by molar-refractivity contribution is -0.134. The molecule has 8 nitrogen and oxygen atoms in total. The van der Waals surface area contributed by atoms with Crippen LogP contribution in [-0.4, -0.2) is 41.4 Å². The monoisotopic (exact) mass is 410 g/mol. The molecule has 1 aliphatic heterocycles. The highest BCUT2D eigenvalue weighted by atomic mass is 79.9. The third-order valence-corrected chi connectivity index (χ3v) is 4.14. The molecule has 1 heterocycles. The van der Waals surface area contributed by atoms with Crippen LogP contribution < -0.4 is 16.0 Å². The quantitative estimate of drug-likeness (QED) is 0.652. The van der Waals surface area contributed by atoms with Crippen molar-refractivity contribution in [1.82, 2.24) is 20.9 Å². The molecule has 1 unspecified atom stereocenters. The number of nitrogens with zero attached hydrogens (tertiary/aromatic N) is 1. The first-order valence-electron chi connectivity index (χ1n) is 7.64. The van der Waals surface area contributed by atoms with E-state index in [2.05, 4.69) is 31.9 Å². The summed E-state index contributed by atoms with van der Waals surface area (Å²) < 4.78 is 0.759. The van der Waals surface area contributed by atoms with Gasteiger partial charge in [-0.3, -0.25) is 19.8 Å². The summed E-state index contributed by atoms with van der Waals surface area (Å²) in [4.78, 5) is 49.1. The number of rotatable bonds is 4. The van der Waals surface area contributed by atoms with Crippen molar-refractivity contribution in [2.45, 2.75) is 32.4 Å². The zero-order chi connectivity index (χ0) is 18.8. The number of carbonyl (C=O) groups excluding carboxylic acids is 4. The maximum atomic E-state index is 12.7. The maximum absolute atomic E-state index is 12.7. The largest absolute Gasteiger partial charge is 0.336 e. The van der Waals surface area contributed by atoms with Gasteiger partial charge in [-0.1, -0.05) is 28.1 Å². The van der Waals surface area contributed by atoms with Crippen LogP contribution in [0.3, 0.4) is 0 Å². The third kappa shape index (κ3) is 4.16. The average molecular weight is 411 g/mol. The van der Waals surface area contributed by atoms with Crippen molar-refractivity contribution in [2.24, 2.45) is 0 Å². The first kappa shape index (κ1) is 18.9. The van der Waals surface area contributed by atoms with Crippen molar-refractivity contribution >= 4 is 39.8 Å². The molecule has 1 atom stereocenters. The van der Waals surface area contributed by atoms with Gasteiger partial charge in [0.1, 0.15) is 12.1 Å². The summed E-state index contributed by atoms with van der Waals surface area (Å²) in [6, 6.07) is 5.46. The Morgan fingerprint density at radius 2 is 2.00 bits per heavy atom. The predicted octanol–water partition coefficient (Wildman–Crippen LogP) is 1.45. The van der Waals surface area contributed by atoms with Gasteiger partial charge in [0.15, 0.2) is 0 Å². The van der Waals surface area contributed by atoms with Crippen molar-refractivity contribution in [3.05, 3.63) is 34.3 Å². The van der Waals surface area contributed by atoms with E-state index in [1.165, 1.54) is 0 Å². The molecule has 0 aromatic heterocycles. The Kier molecular flexibility index (Phi) is 5.46. The molecule has 1 saturated heterocycles. The zero-order valence-electron chi connectivity index (χ0n) is 14.1. The van der Waals surface area contributed by atoms with Gasteiger partial charge in [-0.05, 0) is 38.5 Å². The van der Waals surface area contributed by atoms with E-state index in [1.807, 2.05) is 0 Å². The molecule has 134 valence electrons. The lowest BCUT2D eigenvalue weighted by Crippen LogP contribution is -2.48. The highest BCUT2D eigenvalue weighted by Gasteiger charge is 2.49. The fraction of sp³-hybridized carbons (Fsp3) is 0.375. The summed E-state index contributed by atoms with van der Waals surface area (Å²) in [6.07, 6.45) is 0. The van der Waals surface area contributed by atoms with Gasteiger partial charge in [0.25, 0.3) is 5.91 Å². The molecule has 6 amide bonds. The van der Waals surface area contributed by atoms with Crippen LogP contribution in [0, 0.1) is 0 Å². The van der Waals surface area contributed by atoms with Gasteiger partial charge in [-0.15, -0.1) is 0 Å². The lowest BCUT2D eigenvalue weighted by atomic mass is 9.92. The molecule has 0 saturated carbocycles. The molecule has 0 bridgehead atoms. The lowest BCUT2D eigenvalue weighted by Gasteiger charge is -2.22. The van der Waals surface area contributed by atoms with E-state index in [0.717, 1.165) is 9.37 Å². The first-order chi connectivity index (χ1) is 11.6. The van der Waals surface area contributed by atoms with Crippen LogP contribution in [0.25, 0.3) is 0 Å². The number of urea groups is 2. The van der Waals surface area contributed by atoms with Crippen LogP contribution in [0.2, 0.25) is 0 Å². The average Bonchev–Trinajstić information content (AvgIpc) is 2.71. The third-order valence-electron chi connectivity index (χ3n) is 3.65. The van der Waals surface area contributed by atoms with Crippen LogP contribution in [0.15, 0.2) is 28.7 Å². The number of carbonyl (C=O) groups is 4. The standard InChI is InChI=1S/C16H19BrN4O4/c1-9(2)18-14(24)19-12(22)8-21-13(23)16(3,20-15(21)25)10-5-4-6-11(17)7-10/h4-7,9H,8H2,1-3H3,(H,20,25)(H2,18,19,22,24). The maximum Gasteiger partial charge on any atom is 0.325 e. The number of halogens is 1. The number of hydrogen-bond donors (Lipinski definition) is 3. The van der Waals surface area contributed by atoms with E-state index in [9.17, 15) is 19.2 Å². The minimum atomic E-state index is -1.28. The Balaban J connectivity index is 2.11. The molecule has 3 N–H and O–H groups in total. The minimum absolute atomic E-state index is 0.149. The molecule has 1 aliphatic rings. The Labute approximate surface area is 153 Å². The van der Waals surface area contributed by atoms with Crippen molar-refractivity contribution in [1.29, 1.82) is 0 Å². The highest BCUT2D eigenvalue weighted by Crippen LogP contribution is 2.30. The number of hydrogen-bond acceptors (Lipinski definition) is 4. The molecule has 1 aromatic rings. The fourth-order valence-corrected chi connectivity index (χ4v) is 2.84. The number of imide groups is 2. The smallest absolute Gasteiger partial charge is 0.325 e. The van der Waals surface area contributed by atoms with E-state index in [4.69, 9.17) is 0 Å². The number of benzene rings is 1. The second-order valence-electron chi connectivity index (χ2n) is 6.13. The molecule has 0 radical (unpaired) electrons. The topological polar surface area (TPSA) is 108 Å². The number of amides is 6.